The van der Waals surface area contributed by atoms with Crippen LogP contribution in [-0.2, 0) is 28.9 Å². The van der Waals surface area contributed by atoms with Crippen LogP contribution < -0.4 is 0 Å². The SMILES string of the molecule is C=C(Cn1c(C)nc2c1CCCC2)C(=O)OCC. The Morgan fingerprint density at radius 2 is 2.17 bits per heavy atom. The monoisotopic (exact) mass is 248 g/mol. The van der Waals surface area contributed by atoms with E-state index in [1.807, 2.05) is 6.92 Å². The smallest absolute Gasteiger partial charge is 0.335 e. The van der Waals surface area contributed by atoms with E-state index in [0.717, 1.165) is 18.7 Å². The van der Waals surface area contributed by atoms with Crippen LogP contribution in [0.25, 0.3) is 0 Å². The van der Waals surface area contributed by atoms with Gasteiger partial charge in [-0.3, -0.25) is 0 Å². The lowest BCUT2D eigenvalue weighted by molar-refractivity contribution is -0.138. The van der Waals surface area contributed by atoms with Crippen LogP contribution in [0.5, 0.6) is 0 Å². The molecule has 1 aromatic rings. The third-order valence-electron chi connectivity index (χ3n) is 3.34. The van der Waals surface area contributed by atoms with Crippen LogP contribution in [0.1, 0.15) is 37.0 Å². The van der Waals surface area contributed by atoms with Crippen molar-refractivity contribution in [2.45, 2.75) is 46.1 Å². The van der Waals surface area contributed by atoms with Crippen LogP contribution >= 0.6 is 0 Å². The zero-order valence-electron chi connectivity index (χ0n) is 11.2. The molecule has 1 aliphatic rings. The van der Waals surface area contributed by atoms with Gasteiger partial charge >= 0.3 is 5.97 Å². The summed E-state index contributed by atoms with van der Waals surface area (Å²) in [6.45, 7) is 8.48. The van der Waals surface area contributed by atoms with Gasteiger partial charge in [-0.25, -0.2) is 9.78 Å². The zero-order chi connectivity index (χ0) is 13.1. The van der Waals surface area contributed by atoms with E-state index in [0.29, 0.717) is 18.7 Å². The van der Waals surface area contributed by atoms with E-state index in [2.05, 4.69) is 16.1 Å². The van der Waals surface area contributed by atoms with Crippen LogP contribution in [0.4, 0.5) is 0 Å². The predicted octanol–water partition coefficient (Wildman–Crippen LogP) is 2.19. The Balaban J connectivity index is 2.16. The molecule has 0 unspecified atom stereocenters. The normalized spacial score (nSPS) is 14.1. The van der Waals surface area contributed by atoms with Gasteiger partial charge in [-0.15, -0.1) is 0 Å². The quantitative estimate of drug-likeness (QED) is 0.606. The van der Waals surface area contributed by atoms with Crippen molar-refractivity contribution in [2.75, 3.05) is 6.61 Å². The van der Waals surface area contributed by atoms with Gasteiger partial charge in [0.1, 0.15) is 5.82 Å². The van der Waals surface area contributed by atoms with Crippen LogP contribution in [0.3, 0.4) is 0 Å². The minimum Gasteiger partial charge on any atom is -0.463 e. The van der Waals surface area contributed by atoms with E-state index in [1.165, 1.54) is 24.2 Å². The summed E-state index contributed by atoms with van der Waals surface area (Å²) in [5, 5.41) is 0. The molecule has 0 atom stereocenters. The summed E-state index contributed by atoms with van der Waals surface area (Å²) in [6, 6.07) is 0. The van der Waals surface area contributed by atoms with Gasteiger partial charge in [-0.05, 0) is 39.5 Å². The summed E-state index contributed by atoms with van der Waals surface area (Å²) < 4.78 is 7.07. The Labute approximate surface area is 108 Å². The Kier molecular flexibility index (Phi) is 3.84. The second-order valence-corrected chi connectivity index (χ2v) is 4.67. The lowest BCUT2D eigenvalue weighted by Crippen LogP contribution is -2.16. The summed E-state index contributed by atoms with van der Waals surface area (Å²) in [4.78, 5) is 16.2. The largest absolute Gasteiger partial charge is 0.463 e. The highest BCUT2D eigenvalue weighted by atomic mass is 16.5. The molecule has 0 saturated heterocycles. The number of imidazole rings is 1. The lowest BCUT2D eigenvalue weighted by atomic mass is 10.0. The molecule has 2 rings (SSSR count). The van der Waals surface area contributed by atoms with Crippen molar-refractivity contribution in [1.82, 2.24) is 9.55 Å². The molecule has 1 heterocycles. The molecule has 0 radical (unpaired) electrons. The fourth-order valence-electron chi connectivity index (χ4n) is 2.43. The first-order valence-corrected chi connectivity index (χ1v) is 6.53. The van der Waals surface area contributed by atoms with Gasteiger partial charge in [0.25, 0.3) is 0 Å². The fourth-order valence-corrected chi connectivity index (χ4v) is 2.43. The number of nitrogens with zero attached hydrogens (tertiary/aromatic N) is 2. The fraction of sp³-hybridized carbons (Fsp3) is 0.571. The highest BCUT2D eigenvalue weighted by Crippen LogP contribution is 2.22. The van der Waals surface area contributed by atoms with Crippen molar-refractivity contribution in [3.63, 3.8) is 0 Å². The van der Waals surface area contributed by atoms with E-state index in [-0.39, 0.29) is 5.97 Å². The van der Waals surface area contributed by atoms with Gasteiger partial charge in [0.05, 0.1) is 18.8 Å². The molecule has 1 aromatic heterocycles. The van der Waals surface area contributed by atoms with E-state index >= 15 is 0 Å². The summed E-state index contributed by atoms with van der Waals surface area (Å²) in [7, 11) is 0. The number of ether oxygens (including phenoxy) is 1. The molecule has 0 saturated carbocycles. The molecule has 0 aromatic carbocycles. The predicted molar refractivity (Wildman–Crippen MR) is 69.4 cm³/mol. The number of rotatable bonds is 4. The second-order valence-electron chi connectivity index (χ2n) is 4.67. The van der Waals surface area contributed by atoms with Crippen LogP contribution in [0.2, 0.25) is 0 Å². The standard InChI is InChI=1S/C14H20N2O2/c1-4-18-14(17)10(2)9-16-11(3)15-12-7-5-6-8-13(12)16/h2,4-9H2,1,3H3. The first-order chi connectivity index (χ1) is 8.63. The molecular weight excluding hydrogens is 228 g/mol. The number of hydrogen-bond acceptors (Lipinski definition) is 3. The van der Waals surface area contributed by atoms with Gasteiger partial charge in [0.2, 0.25) is 0 Å². The van der Waals surface area contributed by atoms with Crippen LogP contribution in [0, 0.1) is 6.92 Å². The molecule has 4 heteroatoms. The Hall–Kier alpha value is -1.58. The average molecular weight is 248 g/mol. The number of aryl methyl sites for hydroxylation is 2. The first kappa shape index (κ1) is 12.9. The van der Waals surface area contributed by atoms with Gasteiger partial charge in [-0.1, -0.05) is 6.58 Å². The topological polar surface area (TPSA) is 44.1 Å². The number of aromatic nitrogens is 2. The third-order valence-corrected chi connectivity index (χ3v) is 3.34. The van der Waals surface area contributed by atoms with Crippen molar-refractivity contribution < 1.29 is 9.53 Å². The van der Waals surface area contributed by atoms with E-state index in [4.69, 9.17) is 4.74 Å². The molecule has 0 fully saturated rings. The highest BCUT2D eigenvalue weighted by Gasteiger charge is 2.19. The maximum absolute atomic E-state index is 11.6. The summed E-state index contributed by atoms with van der Waals surface area (Å²) in [5.41, 5.74) is 2.95. The molecule has 18 heavy (non-hydrogen) atoms. The van der Waals surface area contributed by atoms with E-state index in [1.54, 1.807) is 6.92 Å². The Bertz CT molecular complexity index is 474. The molecule has 0 bridgehead atoms. The van der Waals surface area contributed by atoms with Gasteiger partial charge in [0, 0.05) is 11.3 Å². The van der Waals surface area contributed by atoms with E-state index in [9.17, 15) is 4.79 Å². The maximum atomic E-state index is 11.6. The Morgan fingerprint density at radius 3 is 2.89 bits per heavy atom. The molecule has 0 spiro atoms. The Morgan fingerprint density at radius 1 is 1.44 bits per heavy atom. The third kappa shape index (κ3) is 2.47. The number of carbonyl (C=O) groups is 1. The highest BCUT2D eigenvalue weighted by molar-refractivity contribution is 5.87. The second kappa shape index (κ2) is 5.38. The number of carbonyl (C=O) groups excluding carboxylic acids is 1. The van der Waals surface area contributed by atoms with Gasteiger partial charge in [-0.2, -0.15) is 0 Å². The summed E-state index contributed by atoms with van der Waals surface area (Å²) >= 11 is 0. The van der Waals surface area contributed by atoms with Gasteiger partial charge < -0.3 is 9.30 Å². The van der Waals surface area contributed by atoms with Crippen molar-refractivity contribution in [1.29, 1.82) is 0 Å². The summed E-state index contributed by atoms with van der Waals surface area (Å²) in [6.07, 6.45) is 4.51. The number of esters is 1. The molecule has 4 nitrogen and oxygen atoms in total. The molecule has 0 N–H and O–H groups in total. The van der Waals surface area contributed by atoms with Crippen molar-refractivity contribution in [3.8, 4) is 0 Å². The van der Waals surface area contributed by atoms with Gasteiger partial charge in [0.15, 0.2) is 0 Å². The maximum Gasteiger partial charge on any atom is 0.335 e. The molecule has 0 aliphatic heterocycles. The minimum atomic E-state index is -0.310. The van der Waals surface area contributed by atoms with Crippen molar-refractivity contribution >= 4 is 5.97 Å². The minimum absolute atomic E-state index is 0.310. The molecular formula is C14H20N2O2. The zero-order valence-corrected chi connectivity index (χ0v) is 11.2. The molecule has 0 amide bonds. The van der Waals surface area contributed by atoms with Crippen LogP contribution in [0.15, 0.2) is 12.2 Å². The van der Waals surface area contributed by atoms with Crippen molar-refractivity contribution in [3.05, 3.63) is 29.4 Å². The summed E-state index contributed by atoms with van der Waals surface area (Å²) in [5.74, 6) is 0.655. The number of hydrogen-bond donors (Lipinski definition) is 0. The molecule has 1 aliphatic carbocycles. The van der Waals surface area contributed by atoms with Crippen molar-refractivity contribution in [2.24, 2.45) is 0 Å². The van der Waals surface area contributed by atoms with Crippen LogP contribution in [-0.4, -0.2) is 22.1 Å². The molecule has 98 valence electrons. The lowest BCUT2D eigenvalue weighted by Gasteiger charge is -2.15. The number of fused-ring (bicyclic) bond motifs is 1. The average Bonchev–Trinajstić information content (AvgIpc) is 2.66. The first-order valence-electron chi connectivity index (χ1n) is 6.53. The van der Waals surface area contributed by atoms with E-state index < -0.39 is 0 Å².